The Labute approximate surface area is 166 Å². The molecule has 0 spiro atoms. The molecule has 7 nitrogen and oxygen atoms in total. The molecule has 3 rings (SSSR count). The monoisotopic (exact) mass is 397 g/mol. The van der Waals surface area contributed by atoms with Crippen LogP contribution in [-0.4, -0.2) is 42.5 Å². The number of hydrogen-bond acceptors (Lipinski definition) is 7. The van der Waals surface area contributed by atoms with Crippen molar-refractivity contribution in [2.45, 2.75) is 11.7 Å². The summed E-state index contributed by atoms with van der Waals surface area (Å²) in [5.74, 6) is 1.07. The van der Waals surface area contributed by atoms with E-state index in [0.717, 1.165) is 11.3 Å². The third-order valence-corrected chi connectivity index (χ3v) is 5.10. The first kappa shape index (κ1) is 19.6. The second-order valence-corrected chi connectivity index (χ2v) is 7.07. The van der Waals surface area contributed by atoms with Gasteiger partial charge in [0, 0.05) is 12.0 Å². The van der Waals surface area contributed by atoms with Crippen molar-refractivity contribution in [3.63, 3.8) is 0 Å². The number of ketones is 1. The number of rotatable bonds is 7. The van der Waals surface area contributed by atoms with Crippen LogP contribution in [0.5, 0.6) is 11.5 Å². The average Bonchev–Trinajstić information content (AvgIpc) is 3.07. The summed E-state index contributed by atoms with van der Waals surface area (Å²) in [6.45, 7) is 0. The van der Waals surface area contributed by atoms with Gasteiger partial charge in [0.1, 0.15) is 11.5 Å². The molecule has 0 radical (unpaired) electrons. The van der Waals surface area contributed by atoms with Crippen molar-refractivity contribution in [2.75, 3.05) is 14.2 Å². The van der Waals surface area contributed by atoms with Crippen LogP contribution in [0.4, 0.5) is 0 Å². The second-order valence-electron chi connectivity index (χ2n) is 5.87. The molecule has 1 aliphatic rings. The Kier molecular flexibility index (Phi) is 6.44. The zero-order valence-electron chi connectivity index (χ0n) is 15.4. The van der Waals surface area contributed by atoms with Crippen LogP contribution in [-0.2, 0) is 4.79 Å². The first-order valence-electron chi connectivity index (χ1n) is 8.49. The van der Waals surface area contributed by atoms with Gasteiger partial charge in [0.05, 0.1) is 25.7 Å². The summed E-state index contributed by atoms with van der Waals surface area (Å²) >= 11 is 1.20. The first-order valence-corrected chi connectivity index (χ1v) is 9.37. The van der Waals surface area contributed by atoms with Crippen LogP contribution in [0.1, 0.15) is 22.3 Å². The molecule has 1 atom stereocenters. The van der Waals surface area contributed by atoms with Crippen molar-refractivity contribution >= 4 is 34.8 Å². The smallest absolute Gasteiger partial charge is 0.240 e. The fraction of sp³-hybridized carbons (Fsp3) is 0.200. The van der Waals surface area contributed by atoms with E-state index in [-0.39, 0.29) is 18.1 Å². The van der Waals surface area contributed by atoms with Crippen LogP contribution >= 0.6 is 11.8 Å². The molecule has 0 saturated carbocycles. The summed E-state index contributed by atoms with van der Waals surface area (Å²) in [4.78, 5) is 24.5. The van der Waals surface area contributed by atoms with Gasteiger partial charge in [-0.05, 0) is 54.1 Å². The molecule has 1 amide bonds. The molecule has 2 aromatic carbocycles. The minimum absolute atomic E-state index is 0.0873. The quantitative estimate of drug-likeness (QED) is 0.441. The maximum atomic E-state index is 12.4. The summed E-state index contributed by atoms with van der Waals surface area (Å²) in [5.41, 5.74) is 1.39. The highest BCUT2D eigenvalue weighted by Crippen LogP contribution is 2.24. The normalized spacial score (nSPS) is 17.7. The van der Waals surface area contributed by atoms with Crippen LogP contribution < -0.4 is 14.8 Å². The van der Waals surface area contributed by atoms with Crippen LogP contribution in [0.3, 0.4) is 0 Å². The van der Waals surface area contributed by atoms with Crippen molar-refractivity contribution in [3.8, 4) is 11.5 Å². The Hall–Kier alpha value is -3.13. The lowest BCUT2D eigenvalue weighted by molar-refractivity contribution is -0.118. The molecule has 1 N–H and O–H groups in total. The number of nitrogens with one attached hydrogen (secondary N) is 1. The lowest BCUT2D eigenvalue weighted by atomic mass is 10.1. The molecule has 0 aliphatic carbocycles. The maximum absolute atomic E-state index is 12.4. The van der Waals surface area contributed by atoms with E-state index in [2.05, 4.69) is 15.5 Å². The van der Waals surface area contributed by atoms with Gasteiger partial charge in [0.2, 0.25) is 5.91 Å². The second kappa shape index (κ2) is 9.18. The van der Waals surface area contributed by atoms with Crippen molar-refractivity contribution in [2.24, 2.45) is 10.2 Å². The van der Waals surface area contributed by atoms with Crippen LogP contribution in [0.25, 0.3) is 0 Å². The molecule has 28 heavy (non-hydrogen) atoms. The largest absolute Gasteiger partial charge is 0.497 e. The molecule has 1 aliphatic heterocycles. The average molecular weight is 397 g/mol. The Balaban J connectivity index is 1.58. The minimum Gasteiger partial charge on any atom is -0.497 e. The number of benzene rings is 2. The predicted octanol–water partition coefficient (Wildman–Crippen LogP) is 2.90. The highest BCUT2D eigenvalue weighted by atomic mass is 32.2. The number of ether oxygens (including phenoxy) is 2. The van der Waals surface area contributed by atoms with Crippen LogP contribution in [0.15, 0.2) is 58.7 Å². The standard InChI is InChI=1S/C20H19N3O4S/c1-26-15-7-3-13(4-8-15)12-21-23-20-22-19(25)18(28-20)11-17(24)14-5-9-16(27-2)10-6-14/h3-10,12,18H,11H2,1-2H3,(H,22,23,25)/b21-12+. The molecule has 8 heteroatoms. The zero-order valence-corrected chi connectivity index (χ0v) is 16.2. The van der Waals surface area contributed by atoms with Gasteiger partial charge in [0.15, 0.2) is 11.0 Å². The zero-order chi connectivity index (χ0) is 19.9. The van der Waals surface area contributed by atoms with E-state index >= 15 is 0 Å². The van der Waals surface area contributed by atoms with Crippen molar-refractivity contribution < 1.29 is 19.1 Å². The number of Topliss-reactive ketones (excluding diaryl/α,β-unsaturated/α-hetero) is 1. The van der Waals surface area contributed by atoms with Gasteiger partial charge in [-0.25, -0.2) is 0 Å². The fourth-order valence-corrected chi connectivity index (χ4v) is 3.41. The lowest BCUT2D eigenvalue weighted by Gasteiger charge is -2.05. The van der Waals surface area contributed by atoms with Crippen molar-refractivity contribution in [1.82, 2.24) is 5.32 Å². The number of amidine groups is 1. The van der Waals surface area contributed by atoms with Gasteiger partial charge in [-0.3, -0.25) is 9.59 Å². The van der Waals surface area contributed by atoms with E-state index in [4.69, 9.17) is 9.47 Å². The van der Waals surface area contributed by atoms with Gasteiger partial charge < -0.3 is 14.8 Å². The number of nitrogens with zero attached hydrogens (tertiary/aromatic N) is 2. The van der Waals surface area contributed by atoms with E-state index in [1.54, 1.807) is 44.7 Å². The van der Waals surface area contributed by atoms with Crippen LogP contribution in [0, 0.1) is 0 Å². The van der Waals surface area contributed by atoms with E-state index in [0.29, 0.717) is 16.5 Å². The van der Waals surface area contributed by atoms with E-state index < -0.39 is 5.25 Å². The van der Waals surface area contributed by atoms with Crippen LogP contribution in [0.2, 0.25) is 0 Å². The molecule has 1 fully saturated rings. The number of hydrogen-bond donors (Lipinski definition) is 1. The van der Waals surface area contributed by atoms with Gasteiger partial charge in [0.25, 0.3) is 0 Å². The Morgan fingerprint density at radius 3 is 2.29 bits per heavy atom. The highest BCUT2D eigenvalue weighted by molar-refractivity contribution is 8.15. The predicted molar refractivity (Wildman–Crippen MR) is 109 cm³/mol. The first-order chi connectivity index (χ1) is 13.6. The molecular weight excluding hydrogens is 378 g/mol. The van der Waals surface area contributed by atoms with Gasteiger partial charge in [-0.15, -0.1) is 5.10 Å². The highest BCUT2D eigenvalue weighted by Gasteiger charge is 2.32. The van der Waals surface area contributed by atoms with E-state index in [9.17, 15) is 9.59 Å². The third kappa shape index (κ3) is 4.98. The van der Waals surface area contributed by atoms with E-state index in [1.165, 1.54) is 11.8 Å². The Morgan fingerprint density at radius 1 is 1.07 bits per heavy atom. The van der Waals surface area contributed by atoms with E-state index in [1.807, 2.05) is 24.3 Å². The molecule has 1 saturated heterocycles. The SMILES string of the molecule is COc1ccc(/C=N/N=C2\NC(=O)C(CC(=O)c3ccc(OC)cc3)S2)cc1. The number of carbonyl (C=O) groups excluding carboxylic acids is 2. The Bertz CT molecular complexity index is 908. The molecule has 1 unspecified atom stereocenters. The Morgan fingerprint density at radius 2 is 1.68 bits per heavy atom. The number of thioether (sulfide) groups is 1. The maximum Gasteiger partial charge on any atom is 0.240 e. The molecule has 1 heterocycles. The fourth-order valence-electron chi connectivity index (χ4n) is 2.49. The van der Waals surface area contributed by atoms with Gasteiger partial charge in [-0.2, -0.15) is 5.10 Å². The molecule has 0 bridgehead atoms. The number of carbonyl (C=O) groups is 2. The third-order valence-electron chi connectivity index (χ3n) is 4.03. The lowest BCUT2D eigenvalue weighted by Crippen LogP contribution is -2.26. The summed E-state index contributed by atoms with van der Waals surface area (Å²) < 4.78 is 10.2. The molecule has 0 aromatic heterocycles. The summed E-state index contributed by atoms with van der Waals surface area (Å²) in [5, 5.41) is 10.5. The van der Waals surface area contributed by atoms with Gasteiger partial charge >= 0.3 is 0 Å². The van der Waals surface area contributed by atoms with Gasteiger partial charge in [-0.1, -0.05) is 11.8 Å². The van der Waals surface area contributed by atoms with Crippen molar-refractivity contribution in [1.29, 1.82) is 0 Å². The summed E-state index contributed by atoms with van der Waals surface area (Å²) in [6.07, 6.45) is 1.67. The number of amides is 1. The molecular formula is C20H19N3O4S. The minimum atomic E-state index is -0.524. The number of methoxy groups -OCH3 is 2. The molecule has 2 aromatic rings. The van der Waals surface area contributed by atoms with Crippen molar-refractivity contribution in [3.05, 3.63) is 59.7 Å². The topological polar surface area (TPSA) is 89.4 Å². The summed E-state index contributed by atoms with van der Waals surface area (Å²) in [7, 11) is 3.17. The summed E-state index contributed by atoms with van der Waals surface area (Å²) in [6, 6.07) is 14.1. The molecule has 144 valence electrons.